The van der Waals surface area contributed by atoms with Crippen LogP contribution in [0.15, 0.2) is 35.8 Å². The molecule has 0 unspecified atom stereocenters. The minimum atomic E-state index is -4.40. The molecule has 0 aliphatic heterocycles. The number of aromatic nitrogens is 2. The summed E-state index contributed by atoms with van der Waals surface area (Å²) in [7, 11) is 1.51. The topological polar surface area (TPSA) is 46.4 Å². The molecule has 8 heteroatoms. The van der Waals surface area contributed by atoms with Gasteiger partial charge in [0.2, 0.25) is 0 Å². The van der Waals surface area contributed by atoms with Gasteiger partial charge in [-0.3, -0.25) is 9.20 Å². The maximum absolute atomic E-state index is 12.8. The lowest BCUT2D eigenvalue weighted by Gasteiger charge is -2.07. The number of rotatable bonds is 2. The van der Waals surface area contributed by atoms with E-state index in [0.717, 1.165) is 12.1 Å². The number of thiazole rings is 1. The number of nitrogens with zero attached hydrogens (tertiary/aromatic N) is 2. The van der Waals surface area contributed by atoms with Crippen LogP contribution in [0.2, 0.25) is 0 Å². The Morgan fingerprint density at radius 1 is 1.36 bits per heavy atom. The van der Waals surface area contributed by atoms with Gasteiger partial charge in [0, 0.05) is 24.2 Å². The number of imidazole rings is 1. The van der Waals surface area contributed by atoms with Gasteiger partial charge in [0.15, 0.2) is 4.96 Å². The molecule has 2 aromatic heterocycles. The van der Waals surface area contributed by atoms with Crippen molar-refractivity contribution in [3.8, 4) is 11.3 Å². The summed E-state index contributed by atoms with van der Waals surface area (Å²) in [5, 5.41) is 4.16. The molecule has 22 heavy (non-hydrogen) atoms. The Balaban J connectivity index is 2.08. The van der Waals surface area contributed by atoms with E-state index in [0.29, 0.717) is 21.9 Å². The summed E-state index contributed by atoms with van der Waals surface area (Å²) in [6.45, 7) is 0. The molecule has 114 valence electrons. The second-order valence-electron chi connectivity index (χ2n) is 4.56. The predicted molar refractivity (Wildman–Crippen MR) is 76.9 cm³/mol. The molecule has 3 rings (SSSR count). The lowest BCUT2D eigenvalue weighted by Crippen LogP contribution is -2.19. The van der Waals surface area contributed by atoms with E-state index in [-0.39, 0.29) is 5.91 Å². The van der Waals surface area contributed by atoms with Crippen LogP contribution >= 0.6 is 11.3 Å². The summed E-state index contributed by atoms with van der Waals surface area (Å²) < 4.78 is 39.9. The van der Waals surface area contributed by atoms with Gasteiger partial charge in [-0.25, -0.2) is 4.98 Å². The van der Waals surface area contributed by atoms with Gasteiger partial charge in [-0.2, -0.15) is 13.2 Å². The number of benzene rings is 1. The number of nitrogens with one attached hydrogen (secondary N) is 1. The fraction of sp³-hybridized carbons (Fsp3) is 0.143. The molecule has 0 aliphatic carbocycles. The highest BCUT2D eigenvalue weighted by Crippen LogP contribution is 2.32. The van der Waals surface area contributed by atoms with Gasteiger partial charge in [-0.15, -0.1) is 11.3 Å². The summed E-state index contributed by atoms with van der Waals surface area (Å²) in [4.78, 5) is 16.5. The molecule has 1 N–H and O–H groups in total. The number of hydrogen-bond donors (Lipinski definition) is 1. The van der Waals surface area contributed by atoms with Crippen molar-refractivity contribution in [2.24, 2.45) is 0 Å². The molecule has 1 aromatic carbocycles. The van der Waals surface area contributed by atoms with Crippen molar-refractivity contribution >= 4 is 22.2 Å². The van der Waals surface area contributed by atoms with Gasteiger partial charge in [0.05, 0.1) is 11.3 Å². The van der Waals surface area contributed by atoms with E-state index in [1.54, 1.807) is 22.0 Å². The zero-order valence-corrected chi connectivity index (χ0v) is 12.1. The lowest BCUT2D eigenvalue weighted by atomic mass is 10.1. The van der Waals surface area contributed by atoms with E-state index in [2.05, 4.69) is 10.3 Å². The average molecular weight is 325 g/mol. The van der Waals surface area contributed by atoms with Gasteiger partial charge >= 0.3 is 6.18 Å². The number of hydrogen-bond acceptors (Lipinski definition) is 3. The molecule has 0 saturated carbocycles. The molecule has 3 aromatic rings. The molecule has 0 atom stereocenters. The Morgan fingerprint density at radius 3 is 2.82 bits per heavy atom. The van der Waals surface area contributed by atoms with Gasteiger partial charge < -0.3 is 5.32 Å². The molecular weight excluding hydrogens is 315 g/mol. The van der Waals surface area contributed by atoms with Crippen LogP contribution in [0.25, 0.3) is 16.2 Å². The van der Waals surface area contributed by atoms with Gasteiger partial charge in [0.25, 0.3) is 5.91 Å². The van der Waals surface area contributed by atoms with Crippen LogP contribution < -0.4 is 5.32 Å². The van der Waals surface area contributed by atoms with Crippen LogP contribution in [0, 0.1) is 0 Å². The first-order valence-electron chi connectivity index (χ1n) is 6.26. The molecule has 0 aliphatic rings. The summed E-state index contributed by atoms with van der Waals surface area (Å²) in [6, 6.07) is 4.95. The molecule has 4 nitrogen and oxygen atoms in total. The average Bonchev–Trinajstić information content (AvgIpc) is 3.05. The number of carbonyl (C=O) groups excluding carboxylic acids is 1. The first-order chi connectivity index (χ1) is 10.4. The van der Waals surface area contributed by atoms with E-state index in [1.165, 1.54) is 24.5 Å². The molecule has 2 heterocycles. The summed E-state index contributed by atoms with van der Waals surface area (Å²) in [5.41, 5.74) is 0.415. The lowest BCUT2D eigenvalue weighted by molar-refractivity contribution is -0.137. The fourth-order valence-electron chi connectivity index (χ4n) is 2.07. The molecule has 0 radical (unpaired) electrons. The third-order valence-corrected chi connectivity index (χ3v) is 3.99. The zero-order chi connectivity index (χ0) is 15.9. The standard InChI is InChI=1S/C14H10F3N3OS/c1-18-12(21)11-7-22-13-19-10(6-20(11)13)8-3-2-4-9(5-8)14(15,16)17/h2-7H,1H3,(H,18,21). The molecule has 0 saturated heterocycles. The minimum absolute atomic E-state index is 0.278. The van der Waals surface area contributed by atoms with Gasteiger partial charge in [-0.05, 0) is 12.1 Å². The maximum Gasteiger partial charge on any atom is 0.416 e. The highest BCUT2D eigenvalue weighted by atomic mass is 32.1. The molecular formula is C14H10F3N3OS. The monoisotopic (exact) mass is 325 g/mol. The first-order valence-corrected chi connectivity index (χ1v) is 7.14. The second-order valence-corrected chi connectivity index (χ2v) is 5.39. The fourth-order valence-corrected chi connectivity index (χ4v) is 2.92. The van der Waals surface area contributed by atoms with Crippen molar-refractivity contribution in [1.82, 2.24) is 14.7 Å². The smallest absolute Gasteiger partial charge is 0.354 e. The molecule has 0 bridgehead atoms. The maximum atomic E-state index is 12.8. The Kier molecular flexibility index (Phi) is 3.40. The summed E-state index contributed by atoms with van der Waals surface area (Å²) >= 11 is 1.25. The number of fused-ring (bicyclic) bond motifs is 1. The largest absolute Gasteiger partial charge is 0.416 e. The first kappa shape index (κ1) is 14.6. The summed E-state index contributed by atoms with van der Waals surface area (Å²) in [6.07, 6.45) is -2.84. The van der Waals surface area contributed by atoms with Crippen LogP contribution in [-0.2, 0) is 6.18 Å². The van der Waals surface area contributed by atoms with Crippen molar-refractivity contribution in [3.63, 3.8) is 0 Å². The van der Waals surface area contributed by atoms with Gasteiger partial charge in [0.1, 0.15) is 5.69 Å². The number of halogens is 3. The van der Waals surface area contributed by atoms with E-state index in [1.807, 2.05) is 0 Å². The van der Waals surface area contributed by atoms with Crippen molar-refractivity contribution in [1.29, 1.82) is 0 Å². The number of amides is 1. The van der Waals surface area contributed by atoms with Crippen LogP contribution in [0.4, 0.5) is 13.2 Å². The Morgan fingerprint density at radius 2 is 2.14 bits per heavy atom. The summed E-state index contributed by atoms with van der Waals surface area (Å²) in [5.74, 6) is -0.278. The van der Waals surface area contributed by atoms with E-state index >= 15 is 0 Å². The van der Waals surface area contributed by atoms with E-state index in [9.17, 15) is 18.0 Å². The Hall–Kier alpha value is -2.35. The minimum Gasteiger partial charge on any atom is -0.354 e. The van der Waals surface area contributed by atoms with Crippen LogP contribution in [0.1, 0.15) is 16.1 Å². The molecule has 0 fully saturated rings. The second kappa shape index (κ2) is 5.13. The Bertz CT molecular complexity index is 851. The van der Waals surface area contributed by atoms with Crippen molar-refractivity contribution in [2.75, 3.05) is 7.05 Å². The third-order valence-electron chi connectivity index (χ3n) is 3.15. The third kappa shape index (κ3) is 2.45. The van der Waals surface area contributed by atoms with E-state index < -0.39 is 11.7 Å². The number of alkyl halides is 3. The predicted octanol–water partition coefficient (Wildman–Crippen LogP) is 3.44. The van der Waals surface area contributed by atoms with Crippen molar-refractivity contribution in [3.05, 3.63) is 47.1 Å². The Labute approximate surface area is 127 Å². The SMILES string of the molecule is CNC(=O)c1csc2nc(-c3cccc(C(F)(F)F)c3)cn12. The zero-order valence-electron chi connectivity index (χ0n) is 11.3. The van der Waals surface area contributed by atoms with Crippen LogP contribution in [0.3, 0.4) is 0 Å². The van der Waals surface area contributed by atoms with Crippen molar-refractivity contribution < 1.29 is 18.0 Å². The van der Waals surface area contributed by atoms with Crippen LogP contribution in [-0.4, -0.2) is 22.3 Å². The molecule has 1 amide bonds. The van der Waals surface area contributed by atoms with Crippen molar-refractivity contribution in [2.45, 2.75) is 6.18 Å². The number of carbonyl (C=O) groups is 1. The normalized spacial score (nSPS) is 11.8. The quantitative estimate of drug-likeness (QED) is 0.784. The highest BCUT2D eigenvalue weighted by molar-refractivity contribution is 7.15. The van der Waals surface area contributed by atoms with Crippen LogP contribution in [0.5, 0.6) is 0 Å². The van der Waals surface area contributed by atoms with E-state index in [4.69, 9.17) is 0 Å². The molecule has 0 spiro atoms. The highest BCUT2D eigenvalue weighted by Gasteiger charge is 2.30. The van der Waals surface area contributed by atoms with Gasteiger partial charge in [-0.1, -0.05) is 12.1 Å².